The molecule has 0 saturated carbocycles. The van der Waals surface area contributed by atoms with Gasteiger partial charge in [0.05, 0.1) is 17.7 Å². The van der Waals surface area contributed by atoms with Crippen LogP contribution in [0.3, 0.4) is 0 Å². The number of carboxylic acids is 1. The lowest BCUT2D eigenvalue weighted by Gasteiger charge is -2.34. The van der Waals surface area contributed by atoms with E-state index in [1.54, 1.807) is 6.07 Å². The SMILES string of the molecule is C[C@H]1CN(c2ccc(NC(=O)CCC(F)(F)F)c(C(=O)O)c2)CCN1. The van der Waals surface area contributed by atoms with Gasteiger partial charge in [-0.2, -0.15) is 13.2 Å². The van der Waals surface area contributed by atoms with Gasteiger partial charge < -0.3 is 20.6 Å². The topological polar surface area (TPSA) is 81.7 Å². The number of rotatable bonds is 5. The average Bonchev–Trinajstić information content (AvgIpc) is 2.52. The number of anilines is 2. The highest BCUT2D eigenvalue weighted by atomic mass is 19.4. The highest BCUT2D eigenvalue weighted by Crippen LogP contribution is 2.26. The lowest BCUT2D eigenvalue weighted by atomic mass is 10.1. The number of carbonyl (C=O) groups is 2. The summed E-state index contributed by atoms with van der Waals surface area (Å²) in [6, 6.07) is 4.75. The predicted molar refractivity (Wildman–Crippen MR) is 87.0 cm³/mol. The summed E-state index contributed by atoms with van der Waals surface area (Å²) in [7, 11) is 0. The molecule has 6 nitrogen and oxygen atoms in total. The lowest BCUT2D eigenvalue weighted by Crippen LogP contribution is -2.49. The number of hydrogen-bond acceptors (Lipinski definition) is 4. The van der Waals surface area contributed by atoms with Crippen molar-refractivity contribution in [3.63, 3.8) is 0 Å². The van der Waals surface area contributed by atoms with Gasteiger partial charge in [-0.1, -0.05) is 0 Å². The molecule has 0 aromatic heterocycles. The van der Waals surface area contributed by atoms with Gasteiger partial charge >= 0.3 is 12.1 Å². The van der Waals surface area contributed by atoms with E-state index in [-0.39, 0.29) is 17.3 Å². The zero-order valence-electron chi connectivity index (χ0n) is 13.7. The first kappa shape index (κ1) is 19.0. The summed E-state index contributed by atoms with van der Waals surface area (Å²) in [5.41, 5.74) is 0.537. The highest BCUT2D eigenvalue weighted by Gasteiger charge is 2.28. The van der Waals surface area contributed by atoms with Gasteiger partial charge in [0.1, 0.15) is 0 Å². The first-order valence-corrected chi connectivity index (χ1v) is 7.88. The molecule has 0 spiro atoms. The van der Waals surface area contributed by atoms with E-state index in [9.17, 15) is 27.9 Å². The number of amides is 1. The number of benzene rings is 1. The summed E-state index contributed by atoms with van der Waals surface area (Å²) in [6.07, 6.45) is -6.44. The number of nitrogens with one attached hydrogen (secondary N) is 2. The van der Waals surface area contributed by atoms with Gasteiger partial charge in [0, 0.05) is 37.8 Å². The van der Waals surface area contributed by atoms with Crippen molar-refractivity contribution in [2.24, 2.45) is 0 Å². The summed E-state index contributed by atoms with van der Waals surface area (Å²) in [5.74, 6) is -2.13. The molecule has 1 heterocycles. The molecule has 0 bridgehead atoms. The number of carboxylic acid groups (broad SMARTS) is 1. The van der Waals surface area contributed by atoms with Gasteiger partial charge in [-0.3, -0.25) is 4.79 Å². The lowest BCUT2D eigenvalue weighted by molar-refractivity contribution is -0.142. The third kappa shape index (κ3) is 5.63. The maximum absolute atomic E-state index is 12.2. The van der Waals surface area contributed by atoms with Crippen LogP contribution in [0.15, 0.2) is 18.2 Å². The Morgan fingerprint density at radius 1 is 1.40 bits per heavy atom. The molecule has 1 saturated heterocycles. The molecule has 3 N–H and O–H groups in total. The van der Waals surface area contributed by atoms with Crippen LogP contribution in [0.5, 0.6) is 0 Å². The van der Waals surface area contributed by atoms with Crippen molar-refractivity contribution in [1.29, 1.82) is 0 Å². The summed E-state index contributed by atoms with van der Waals surface area (Å²) in [5, 5.41) is 14.9. The number of alkyl halides is 3. The normalized spacial score (nSPS) is 18.1. The third-order valence-corrected chi connectivity index (χ3v) is 3.88. The maximum atomic E-state index is 12.2. The van der Waals surface area contributed by atoms with Gasteiger partial charge in [-0.25, -0.2) is 4.79 Å². The van der Waals surface area contributed by atoms with Crippen LogP contribution in [0, 0.1) is 0 Å². The van der Waals surface area contributed by atoms with Gasteiger partial charge in [0.15, 0.2) is 0 Å². The van der Waals surface area contributed by atoms with E-state index in [2.05, 4.69) is 10.6 Å². The minimum Gasteiger partial charge on any atom is -0.478 e. The molecular formula is C16H20F3N3O3. The van der Waals surface area contributed by atoms with E-state index in [4.69, 9.17) is 0 Å². The number of carbonyl (C=O) groups excluding carboxylic acids is 1. The van der Waals surface area contributed by atoms with Crippen LogP contribution in [0.25, 0.3) is 0 Å². The molecule has 1 amide bonds. The summed E-state index contributed by atoms with van der Waals surface area (Å²) >= 11 is 0. The second kappa shape index (κ2) is 7.73. The molecule has 0 radical (unpaired) electrons. The molecule has 1 fully saturated rings. The van der Waals surface area contributed by atoms with E-state index in [0.717, 1.165) is 6.54 Å². The maximum Gasteiger partial charge on any atom is 0.389 e. The Morgan fingerprint density at radius 2 is 2.12 bits per heavy atom. The second-order valence-corrected chi connectivity index (χ2v) is 6.00. The summed E-state index contributed by atoms with van der Waals surface area (Å²) in [4.78, 5) is 25.1. The zero-order valence-corrected chi connectivity index (χ0v) is 13.7. The smallest absolute Gasteiger partial charge is 0.389 e. The second-order valence-electron chi connectivity index (χ2n) is 6.00. The predicted octanol–water partition coefficient (Wildman–Crippen LogP) is 2.46. The van der Waals surface area contributed by atoms with Crippen LogP contribution in [-0.4, -0.2) is 48.8 Å². The molecule has 1 aromatic rings. The van der Waals surface area contributed by atoms with Crippen LogP contribution >= 0.6 is 0 Å². The van der Waals surface area contributed by atoms with Gasteiger partial charge in [0.25, 0.3) is 0 Å². The van der Waals surface area contributed by atoms with Crippen LogP contribution in [0.4, 0.5) is 24.5 Å². The largest absolute Gasteiger partial charge is 0.478 e. The van der Waals surface area contributed by atoms with E-state index >= 15 is 0 Å². The van der Waals surface area contributed by atoms with Crippen molar-refractivity contribution in [1.82, 2.24) is 5.32 Å². The van der Waals surface area contributed by atoms with Crippen molar-refractivity contribution >= 4 is 23.3 Å². The number of aromatic carboxylic acids is 1. The third-order valence-electron chi connectivity index (χ3n) is 3.88. The number of nitrogens with zero attached hydrogens (tertiary/aromatic N) is 1. The molecule has 1 aliphatic heterocycles. The zero-order chi connectivity index (χ0) is 18.6. The number of hydrogen-bond donors (Lipinski definition) is 3. The standard InChI is InChI=1S/C16H20F3N3O3/c1-10-9-22(7-6-20-10)11-2-3-13(12(8-11)15(24)25)21-14(23)4-5-16(17,18)19/h2-3,8,10,20H,4-7,9H2,1H3,(H,21,23)(H,24,25)/t10-/m0/s1. The fourth-order valence-electron chi connectivity index (χ4n) is 2.65. The molecule has 0 unspecified atom stereocenters. The Kier molecular flexibility index (Phi) is 5.89. The van der Waals surface area contributed by atoms with Crippen molar-refractivity contribution < 1.29 is 27.9 Å². The van der Waals surface area contributed by atoms with E-state index in [0.29, 0.717) is 18.8 Å². The first-order chi connectivity index (χ1) is 11.7. The quantitative estimate of drug-likeness (QED) is 0.752. The molecule has 2 rings (SSSR count). The minimum absolute atomic E-state index is 0.00777. The Morgan fingerprint density at radius 3 is 2.72 bits per heavy atom. The monoisotopic (exact) mass is 359 g/mol. The van der Waals surface area contributed by atoms with Gasteiger partial charge in [-0.05, 0) is 25.1 Å². The minimum atomic E-state index is -4.43. The molecular weight excluding hydrogens is 339 g/mol. The van der Waals surface area contributed by atoms with Crippen LogP contribution < -0.4 is 15.5 Å². The van der Waals surface area contributed by atoms with Crippen LogP contribution in [-0.2, 0) is 4.79 Å². The Bertz CT molecular complexity index is 649. The molecule has 1 atom stereocenters. The molecule has 1 aromatic carbocycles. The van der Waals surface area contributed by atoms with Crippen molar-refractivity contribution in [2.45, 2.75) is 32.0 Å². The molecule has 25 heavy (non-hydrogen) atoms. The fraction of sp³-hybridized carbons (Fsp3) is 0.500. The first-order valence-electron chi connectivity index (χ1n) is 7.88. The Balaban J connectivity index is 2.13. The van der Waals surface area contributed by atoms with E-state index in [1.807, 2.05) is 11.8 Å². The number of halogens is 3. The fourth-order valence-corrected chi connectivity index (χ4v) is 2.65. The average molecular weight is 359 g/mol. The Labute approximate surface area is 143 Å². The highest BCUT2D eigenvalue weighted by molar-refractivity contribution is 6.01. The van der Waals surface area contributed by atoms with Crippen LogP contribution in [0.1, 0.15) is 30.1 Å². The Hall–Kier alpha value is -2.29. The number of piperazine rings is 1. The van der Waals surface area contributed by atoms with Crippen molar-refractivity contribution in [2.75, 3.05) is 29.9 Å². The molecule has 1 aliphatic rings. The summed E-state index contributed by atoms with van der Waals surface area (Å²) < 4.78 is 36.5. The molecule has 0 aliphatic carbocycles. The summed E-state index contributed by atoms with van der Waals surface area (Å²) in [6.45, 7) is 4.19. The van der Waals surface area contributed by atoms with Crippen molar-refractivity contribution in [3.8, 4) is 0 Å². The van der Waals surface area contributed by atoms with Crippen molar-refractivity contribution in [3.05, 3.63) is 23.8 Å². The van der Waals surface area contributed by atoms with Crippen LogP contribution in [0.2, 0.25) is 0 Å². The molecule has 138 valence electrons. The van der Waals surface area contributed by atoms with Gasteiger partial charge in [-0.15, -0.1) is 0 Å². The van der Waals surface area contributed by atoms with E-state index in [1.165, 1.54) is 12.1 Å². The van der Waals surface area contributed by atoms with E-state index < -0.39 is 30.9 Å². The molecule has 9 heteroatoms. The van der Waals surface area contributed by atoms with Gasteiger partial charge in [0.2, 0.25) is 5.91 Å².